The fourth-order valence-electron chi connectivity index (χ4n) is 4.64. The van der Waals surface area contributed by atoms with Crippen LogP contribution in [-0.2, 0) is 0 Å². The molecule has 0 aromatic heterocycles. The van der Waals surface area contributed by atoms with E-state index in [1.165, 1.54) is 71.0 Å². The van der Waals surface area contributed by atoms with Crippen LogP contribution in [0.2, 0.25) is 0 Å². The van der Waals surface area contributed by atoms with Crippen LogP contribution in [0.25, 0.3) is 0 Å². The van der Waals surface area contributed by atoms with Gasteiger partial charge in [0.1, 0.15) is 0 Å². The van der Waals surface area contributed by atoms with Gasteiger partial charge < -0.3 is 5.32 Å². The van der Waals surface area contributed by atoms with Gasteiger partial charge in [0.15, 0.2) is 0 Å². The molecular weight excluding hydrogens is 244 g/mol. The minimum atomic E-state index is 0.438. The van der Waals surface area contributed by atoms with Crippen molar-refractivity contribution in [1.29, 1.82) is 0 Å². The average molecular weight is 278 g/mol. The maximum Gasteiger partial charge on any atom is 0.0153 e. The van der Waals surface area contributed by atoms with Crippen molar-refractivity contribution in [3.05, 3.63) is 0 Å². The van der Waals surface area contributed by atoms with Gasteiger partial charge >= 0.3 is 0 Å². The summed E-state index contributed by atoms with van der Waals surface area (Å²) in [5.41, 5.74) is 0.995. The van der Waals surface area contributed by atoms with Gasteiger partial charge in [0.2, 0.25) is 0 Å². The third-order valence-corrected chi connectivity index (χ3v) is 6.13. The zero-order chi connectivity index (χ0) is 14.2. The van der Waals surface area contributed by atoms with Crippen molar-refractivity contribution < 1.29 is 0 Å². The van der Waals surface area contributed by atoms with E-state index >= 15 is 0 Å². The quantitative estimate of drug-likeness (QED) is 0.822. The highest BCUT2D eigenvalue weighted by atomic mass is 15.2. The lowest BCUT2D eigenvalue weighted by Gasteiger charge is -2.46. The maximum absolute atomic E-state index is 3.86. The summed E-state index contributed by atoms with van der Waals surface area (Å²) in [7, 11) is 0. The van der Waals surface area contributed by atoms with Crippen LogP contribution in [-0.4, -0.2) is 36.1 Å². The van der Waals surface area contributed by atoms with Gasteiger partial charge in [-0.05, 0) is 70.3 Å². The Labute approximate surface area is 125 Å². The van der Waals surface area contributed by atoms with Crippen molar-refractivity contribution in [2.24, 2.45) is 11.3 Å². The molecule has 0 bridgehead atoms. The molecule has 1 heterocycles. The molecule has 0 aromatic rings. The van der Waals surface area contributed by atoms with E-state index in [1.54, 1.807) is 0 Å². The number of nitrogens with one attached hydrogen (secondary N) is 1. The first-order valence-electron chi connectivity index (χ1n) is 8.98. The minimum absolute atomic E-state index is 0.438. The van der Waals surface area contributed by atoms with Crippen LogP contribution in [0.1, 0.15) is 72.1 Å². The van der Waals surface area contributed by atoms with Gasteiger partial charge in [-0.2, -0.15) is 0 Å². The van der Waals surface area contributed by atoms with Crippen molar-refractivity contribution in [3.63, 3.8) is 0 Å². The van der Waals surface area contributed by atoms with Gasteiger partial charge in [-0.25, -0.2) is 0 Å². The molecule has 2 aliphatic carbocycles. The molecule has 1 saturated heterocycles. The summed E-state index contributed by atoms with van der Waals surface area (Å²) in [4.78, 5) is 2.81. The highest BCUT2D eigenvalue weighted by Gasteiger charge is 2.42. The molecule has 20 heavy (non-hydrogen) atoms. The highest BCUT2D eigenvalue weighted by Crippen LogP contribution is 2.42. The molecule has 2 saturated carbocycles. The smallest absolute Gasteiger partial charge is 0.0153 e. The van der Waals surface area contributed by atoms with Crippen molar-refractivity contribution in [2.45, 2.75) is 83.7 Å². The Balaban J connectivity index is 1.67. The van der Waals surface area contributed by atoms with Crippen LogP contribution >= 0.6 is 0 Å². The molecule has 2 heteroatoms. The Hall–Kier alpha value is -0.0800. The van der Waals surface area contributed by atoms with Crippen LogP contribution in [0.5, 0.6) is 0 Å². The summed E-state index contributed by atoms with van der Waals surface area (Å²) in [6.45, 7) is 11.3. The molecular formula is C18H34N2. The summed E-state index contributed by atoms with van der Waals surface area (Å²) >= 11 is 0. The Morgan fingerprint density at radius 3 is 2.50 bits per heavy atom. The SMILES string of the molecule is CC1CCCC(CNC2CC2)(CN2CCCC2(C)C)C1. The summed E-state index contributed by atoms with van der Waals surface area (Å²) in [5, 5.41) is 3.86. The van der Waals surface area contributed by atoms with Gasteiger partial charge in [0.25, 0.3) is 0 Å². The molecule has 1 aliphatic heterocycles. The van der Waals surface area contributed by atoms with Crippen LogP contribution in [0.4, 0.5) is 0 Å². The Morgan fingerprint density at radius 2 is 1.90 bits per heavy atom. The van der Waals surface area contributed by atoms with Crippen LogP contribution in [0.15, 0.2) is 0 Å². The molecule has 2 unspecified atom stereocenters. The first-order valence-corrected chi connectivity index (χ1v) is 8.98. The van der Waals surface area contributed by atoms with E-state index in [9.17, 15) is 0 Å². The summed E-state index contributed by atoms with van der Waals surface area (Å²) in [6, 6.07) is 0.857. The minimum Gasteiger partial charge on any atom is -0.313 e. The van der Waals surface area contributed by atoms with Crippen LogP contribution in [0, 0.1) is 11.3 Å². The fraction of sp³-hybridized carbons (Fsp3) is 1.00. The third-order valence-electron chi connectivity index (χ3n) is 6.13. The van der Waals surface area contributed by atoms with Gasteiger partial charge in [-0.1, -0.05) is 19.8 Å². The fourth-order valence-corrected chi connectivity index (χ4v) is 4.64. The second-order valence-electron chi connectivity index (χ2n) is 8.69. The number of hydrogen-bond donors (Lipinski definition) is 1. The normalized spacial score (nSPS) is 38.2. The number of likely N-dealkylation sites (tertiary alicyclic amines) is 1. The molecule has 116 valence electrons. The third kappa shape index (κ3) is 3.39. The Morgan fingerprint density at radius 1 is 1.10 bits per heavy atom. The number of hydrogen-bond acceptors (Lipinski definition) is 2. The van der Waals surface area contributed by atoms with E-state index in [-0.39, 0.29) is 0 Å². The Bertz CT molecular complexity index is 334. The first kappa shape index (κ1) is 14.8. The topological polar surface area (TPSA) is 15.3 Å². The zero-order valence-corrected chi connectivity index (χ0v) is 13.9. The van der Waals surface area contributed by atoms with Crippen molar-refractivity contribution in [3.8, 4) is 0 Å². The lowest BCUT2D eigenvalue weighted by Crippen LogP contribution is -2.51. The van der Waals surface area contributed by atoms with Gasteiger partial charge in [0.05, 0.1) is 0 Å². The van der Waals surface area contributed by atoms with E-state index in [0.717, 1.165) is 12.0 Å². The van der Waals surface area contributed by atoms with Gasteiger partial charge in [-0.3, -0.25) is 4.90 Å². The van der Waals surface area contributed by atoms with E-state index < -0.39 is 0 Å². The monoisotopic (exact) mass is 278 g/mol. The second kappa shape index (κ2) is 5.61. The largest absolute Gasteiger partial charge is 0.313 e. The summed E-state index contributed by atoms with van der Waals surface area (Å²) < 4.78 is 0. The number of rotatable bonds is 5. The van der Waals surface area contributed by atoms with E-state index in [4.69, 9.17) is 0 Å². The number of nitrogens with zero attached hydrogens (tertiary/aromatic N) is 1. The molecule has 2 atom stereocenters. The molecule has 0 spiro atoms. The lowest BCUT2D eigenvalue weighted by molar-refractivity contribution is 0.0497. The molecule has 2 nitrogen and oxygen atoms in total. The molecule has 0 radical (unpaired) electrons. The van der Waals surface area contributed by atoms with Crippen LogP contribution in [0.3, 0.4) is 0 Å². The first-order chi connectivity index (χ1) is 9.49. The summed E-state index contributed by atoms with van der Waals surface area (Å²) in [6.07, 6.45) is 11.4. The molecule has 3 fully saturated rings. The second-order valence-corrected chi connectivity index (χ2v) is 8.69. The van der Waals surface area contributed by atoms with Crippen LogP contribution < -0.4 is 5.32 Å². The summed E-state index contributed by atoms with van der Waals surface area (Å²) in [5.74, 6) is 0.926. The highest BCUT2D eigenvalue weighted by molar-refractivity contribution is 4.97. The predicted molar refractivity (Wildman–Crippen MR) is 86.0 cm³/mol. The van der Waals surface area contributed by atoms with Gasteiger partial charge in [-0.15, -0.1) is 0 Å². The molecule has 1 N–H and O–H groups in total. The Kier molecular flexibility index (Phi) is 4.16. The van der Waals surface area contributed by atoms with Crippen molar-refractivity contribution >= 4 is 0 Å². The zero-order valence-electron chi connectivity index (χ0n) is 13.9. The van der Waals surface area contributed by atoms with E-state index in [2.05, 4.69) is 31.0 Å². The van der Waals surface area contributed by atoms with Crippen molar-refractivity contribution in [2.75, 3.05) is 19.6 Å². The standard InChI is InChI=1S/C18H34N2/c1-15-6-4-10-18(12-15,13-19-16-7-8-16)14-20-11-5-9-17(20,2)3/h15-16,19H,4-14H2,1-3H3. The molecule has 3 rings (SSSR count). The lowest BCUT2D eigenvalue weighted by atomic mass is 9.69. The average Bonchev–Trinajstić information content (AvgIpc) is 3.14. The van der Waals surface area contributed by atoms with Gasteiger partial charge in [0, 0.05) is 24.7 Å². The predicted octanol–water partition coefficient (Wildman–Crippen LogP) is 3.81. The molecule has 0 aromatic carbocycles. The van der Waals surface area contributed by atoms with Crippen molar-refractivity contribution in [1.82, 2.24) is 10.2 Å². The molecule has 0 amide bonds. The molecule has 3 aliphatic rings. The van der Waals surface area contributed by atoms with E-state index in [1.807, 2.05) is 0 Å². The van der Waals surface area contributed by atoms with E-state index in [0.29, 0.717) is 11.0 Å². The maximum atomic E-state index is 3.86.